The van der Waals surface area contributed by atoms with Gasteiger partial charge in [-0.2, -0.15) is 5.26 Å². The summed E-state index contributed by atoms with van der Waals surface area (Å²) in [6.45, 7) is -0.144. The van der Waals surface area contributed by atoms with E-state index in [9.17, 15) is 9.59 Å². The van der Waals surface area contributed by atoms with Gasteiger partial charge in [-0.3, -0.25) is 9.59 Å². The van der Waals surface area contributed by atoms with E-state index in [1.807, 2.05) is 0 Å². The molecule has 1 atom stereocenters. The van der Waals surface area contributed by atoms with Gasteiger partial charge in [0.2, 0.25) is 6.41 Å². The first-order chi connectivity index (χ1) is 4.72. The van der Waals surface area contributed by atoms with Gasteiger partial charge >= 0.3 is 35.5 Å². The second-order valence-corrected chi connectivity index (χ2v) is 1.55. The van der Waals surface area contributed by atoms with Crippen LogP contribution >= 0.6 is 0 Å². The predicted molar refractivity (Wildman–Crippen MR) is 31.9 cm³/mol. The summed E-state index contributed by atoms with van der Waals surface area (Å²) in [6, 6.07) is 1.52. The molecule has 0 bridgehead atoms. The van der Waals surface area contributed by atoms with Gasteiger partial charge in [-0.1, -0.05) is 0 Å². The molecule has 56 valence electrons. The predicted octanol–water partition coefficient (Wildman–Crippen LogP) is -3.93. The number of carboxylic acid groups (broad SMARTS) is 1. The number of carboxylic acids is 1. The molecule has 0 aliphatic rings. The molecule has 0 rings (SSSR count). The van der Waals surface area contributed by atoms with Crippen molar-refractivity contribution in [1.29, 1.82) is 5.26 Å². The van der Waals surface area contributed by atoms with Crippen molar-refractivity contribution in [1.82, 2.24) is 5.32 Å². The molecule has 0 aromatic rings. The van der Waals surface area contributed by atoms with Crippen LogP contribution in [0, 0.1) is 17.2 Å². The monoisotopic (exact) mass is 166 g/mol. The summed E-state index contributed by atoms with van der Waals surface area (Å²) >= 11 is 0. The molecule has 1 amide bonds. The first-order valence-corrected chi connectivity index (χ1v) is 2.51. The molecule has 0 spiro atoms. The number of aliphatic carboxylic acids is 1. The maximum Gasteiger partial charge on any atom is 1.00 e. The second kappa shape index (κ2) is 7.54. The average Bonchev–Trinajstić information content (AvgIpc) is 1.89. The van der Waals surface area contributed by atoms with Gasteiger partial charge in [0, 0.05) is 6.54 Å². The van der Waals surface area contributed by atoms with Crippen molar-refractivity contribution in [3.05, 3.63) is 0 Å². The Balaban J connectivity index is -0.000000405. The van der Waals surface area contributed by atoms with Gasteiger partial charge < -0.3 is 11.8 Å². The van der Waals surface area contributed by atoms with Crippen LogP contribution in [0.3, 0.4) is 0 Å². The maximum absolute atomic E-state index is 10.1. The van der Waals surface area contributed by atoms with Crippen LogP contribution in [0.15, 0.2) is 0 Å². The van der Waals surface area contributed by atoms with E-state index in [1.54, 1.807) is 0 Å². The van der Waals surface area contributed by atoms with Crippen LogP contribution in [-0.2, 0) is 9.59 Å². The normalized spacial score (nSPS) is 10.1. The van der Waals surface area contributed by atoms with E-state index in [4.69, 9.17) is 10.4 Å². The molecule has 6 heteroatoms. The third-order valence-corrected chi connectivity index (χ3v) is 0.859. The second-order valence-electron chi connectivity index (χ2n) is 1.55. The van der Waals surface area contributed by atoms with Crippen molar-refractivity contribution >= 4 is 12.4 Å². The van der Waals surface area contributed by atoms with E-state index in [0.29, 0.717) is 6.41 Å². The molecule has 0 fully saturated rings. The van der Waals surface area contributed by atoms with E-state index in [-0.39, 0.29) is 37.5 Å². The van der Waals surface area contributed by atoms with E-state index in [2.05, 4.69) is 5.32 Å². The van der Waals surface area contributed by atoms with Crippen LogP contribution in [0.5, 0.6) is 0 Å². The largest absolute Gasteiger partial charge is 1.00 e. The molecule has 0 aromatic carbocycles. The summed E-state index contributed by atoms with van der Waals surface area (Å²) in [7, 11) is 0. The Morgan fingerprint density at radius 1 is 1.91 bits per heavy atom. The number of amides is 1. The zero-order chi connectivity index (χ0) is 7.98. The van der Waals surface area contributed by atoms with Gasteiger partial charge in [-0.05, 0) is 0 Å². The van der Waals surface area contributed by atoms with Gasteiger partial charge in [-0.25, -0.2) is 0 Å². The molecule has 11 heavy (non-hydrogen) atoms. The number of hydrogen-bond donors (Lipinski definition) is 2. The molecule has 1 unspecified atom stereocenters. The van der Waals surface area contributed by atoms with Crippen LogP contribution < -0.4 is 34.9 Å². The molecule has 5 nitrogen and oxygen atoms in total. The van der Waals surface area contributed by atoms with Gasteiger partial charge in [0.05, 0.1) is 6.07 Å². The Labute approximate surface area is 87.2 Å². The zero-order valence-corrected chi connectivity index (χ0v) is 8.07. The minimum absolute atomic E-state index is 0. The summed E-state index contributed by atoms with van der Waals surface area (Å²) in [5.74, 6) is -2.37. The molecule has 0 saturated carbocycles. The van der Waals surface area contributed by atoms with Crippen LogP contribution in [0.2, 0.25) is 0 Å². The van der Waals surface area contributed by atoms with Gasteiger partial charge in [0.1, 0.15) is 0 Å². The van der Waals surface area contributed by atoms with E-state index in [1.165, 1.54) is 6.07 Å². The molecule has 0 radical (unpaired) electrons. The number of carbonyl (C=O) groups is 2. The first-order valence-electron chi connectivity index (χ1n) is 2.51. The smallest absolute Gasteiger partial charge is 1.00 e. The first kappa shape index (κ1) is 13.1. The third kappa shape index (κ3) is 5.85. The molecule has 0 aromatic heterocycles. The van der Waals surface area contributed by atoms with Crippen LogP contribution in [0.25, 0.3) is 0 Å². The van der Waals surface area contributed by atoms with Crippen molar-refractivity contribution in [2.75, 3.05) is 6.54 Å². The summed E-state index contributed by atoms with van der Waals surface area (Å²) in [5.41, 5.74) is 0. The molecule has 2 N–H and O–H groups in total. The fourth-order valence-corrected chi connectivity index (χ4v) is 0.354. The van der Waals surface area contributed by atoms with Crippen LogP contribution in [-0.4, -0.2) is 24.0 Å². The zero-order valence-electron chi connectivity index (χ0n) is 7.07. The van der Waals surface area contributed by atoms with E-state index >= 15 is 0 Å². The number of carbonyl (C=O) groups excluding carboxylic acids is 1. The Kier molecular flexibility index (Phi) is 8.94. The van der Waals surface area contributed by atoms with Crippen molar-refractivity contribution in [3.8, 4) is 6.07 Å². The maximum atomic E-state index is 10.1. The quantitative estimate of drug-likeness (QED) is 0.329. The van der Waals surface area contributed by atoms with Crippen molar-refractivity contribution in [2.45, 2.75) is 0 Å². The number of rotatable bonds is 4. The summed E-state index contributed by atoms with van der Waals surface area (Å²) in [5, 5.41) is 18.5. The van der Waals surface area contributed by atoms with Gasteiger partial charge in [-0.15, -0.1) is 0 Å². The summed E-state index contributed by atoms with van der Waals surface area (Å²) in [6.07, 6.45) is 0.354. The summed E-state index contributed by atoms with van der Waals surface area (Å²) in [4.78, 5) is 19.7. The number of nitrogens with zero attached hydrogens (tertiary/aromatic N) is 1. The SMILES string of the molecule is N#CC(CNC=O)C(=O)O.[H-].[Na+]. The van der Waals surface area contributed by atoms with Crippen LogP contribution in [0.1, 0.15) is 1.43 Å². The molecule has 0 aliphatic heterocycles. The minimum atomic E-state index is -1.23. The Morgan fingerprint density at radius 2 is 2.45 bits per heavy atom. The van der Waals surface area contributed by atoms with Crippen molar-refractivity contribution in [3.63, 3.8) is 0 Å². The van der Waals surface area contributed by atoms with Gasteiger partial charge in [0.15, 0.2) is 5.92 Å². The van der Waals surface area contributed by atoms with Crippen LogP contribution in [0.4, 0.5) is 0 Å². The topological polar surface area (TPSA) is 90.2 Å². The van der Waals surface area contributed by atoms with Crippen molar-refractivity contribution in [2.24, 2.45) is 5.92 Å². The molecule has 0 heterocycles. The molecule has 0 saturated heterocycles. The summed E-state index contributed by atoms with van der Waals surface area (Å²) < 4.78 is 0. The number of nitrogens with one attached hydrogen (secondary N) is 1. The number of hydrogen-bond acceptors (Lipinski definition) is 3. The molecule has 0 aliphatic carbocycles. The fourth-order valence-electron chi connectivity index (χ4n) is 0.354. The van der Waals surface area contributed by atoms with E-state index < -0.39 is 11.9 Å². The molecular formula is C5H7N2NaO3. The Bertz CT molecular complexity index is 182. The molecular weight excluding hydrogens is 159 g/mol. The van der Waals surface area contributed by atoms with Crippen molar-refractivity contribution < 1.29 is 45.7 Å². The standard InChI is InChI=1S/C5H6N2O3.Na.H/c6-1-4(5(9)10)2-7-3-8;;/h3-4H,2H2,(H,7,8)(H,9,10);;/q;+1;-1. The average molecular weight is 166 g/mol. The fraction of sp³-hybridized carbons (Fsp3) is 0.400. The van der Waals surface area contributed by atoms with Gasteiger partial charge in [0.25, 0.3) is 0 Å². The Morgan fingerprint density at radius 3 is 2.73 bits per heavy atom. The minimum Gasteiger partial charge on any atom is -1.00 e. The number of nitriles is 1. The van der Waals surface area contributed by atoms with E-state index in [0.717, 1.165) is 0 Å². The third-order valence-electron chi connectivity index (χ3n) is 0.859. The Hall–Kier alpha value is -0.570.